The monoisotopic (exact) mass is 335 g/mol. The van der Waals surface area contributed by atoms with Crippen LogP contribution in [0.3, 0.4) is 0 Å². The van der Waals surface area contributed by atoms with Crippen LogP contribution < -0.4 is 16.2 Å². The van der Waals surface area contributed by atoms with Crippen molar-refractivity contribution >= 4 is 45.5 Å². The van der Waals surface area contributed by atoms with Crippen molar-refractivity contribution in [2.24, 2.45) is 0 Å². The van der Waals surface area contributed by atoms with E-state index in [2.05, 4.69) is 31.3 Å². The molecule has 0 aliphatic heterocycles. The predicted octanol–water partition coefficient (Wildman–Crippen LogP) is 2.59. The minimum absolute atomic E-state index is 0.425. The Morgan fingerprint density at radius 2 is 1.79 bits per heavy atom. The summed E-state index contributed by atoms with van der Waals surface area (Å²) in [5.74, 6) is 0.545. The molecular formula is C16H13N7S. The summed E-state index contributed by atoms with van der Waals surface area (Å²) in [6, 6.07) is 17.5. The smallest absolute Gasteiger partial charge is 0.205 e. The lowest BCUT2D eigenvalue weighted by molar-refractivity contribution is 1.08. The van der Waals surface area contributed by atoms with E-state index in [1.165, 1.54) is 0 Å². The van der Waals surface area contributed by atoms with Crippen molar-refractivity contribution in [3.63, 3.8) is 0 Å². The number of hydrogen-bond acceptors (Lipinski definition) is 5. The number of benzene rings is 2. The van der Waals surface area contributed by atoms with E-state index in [0.29, 0.717) is 16.6 Å². The van der Waals surface area contributed by atoms with Crippen LogP contribution in [-0.4, -0.2) is 24.7 Å². The van der Waals surface area contributed by atoms with Crippen molar-refractivity contribution in [2.45, 2.75) is 0 Å². The second-order valence-corrected chi connectivity index (χ2v) is 5.45. The van der Waals surface area contributed by atoms with Crippen molar-refractivity contribution in [3.05, 3.63) is 60.9 Å². The van der Waals surface area contributed by atoms with Gasteiger partial charge in [0.25, 0.3) is 0 Å². The summed E-state index contributed by atoms with van der Waals surface area (Å²) in [7, 11) is 0. The van der Waals surface area contributed by atoms with E-state index in [4.69, 9.17) is 12.2 Å². The second kappa shape index (κ2) is 6.09. The molecule has 3 N–H and O–H groups in total. The molecule has 4 aromatic rings. The van der Waals surface area contributed by atoms with E-state index in [1.54, 1.807) is 6.33 Å². The van der Waals surface area contributed by atoms with Gasteiger partial charge in [-0.3, -0.25) is 15.3 Å². The molecule has 0 radical (unpaired) electrons. The molecule has 7 nitrogen and oxygen atoms in total. The first-order chi connectivity index (χ1) is 11.8. The normalized spacial score (nSPS) is 10.7. The molecule has 2 aromatic carbocycles. The van der Waals surface area contributed by atoms with Crippen molar-refractivity contribution in [1.82, 2.24) is 25.0 Å². The van der Waals surface area contributed by atoms with Gasteiger partial charge >= 0.3 is 0 Å². The molecule has 0 spiro atoms. The number of hydrogen-bond donors (Lipinski definition) is 3. The van der Waals surface area contributed by atoms with Crippen LogP contribution in [0.15, 0.2) is 60.9 Å². The summed E-state index contributed by atoms with van der Waals surface area (Å²) in [4.78, 5) is 4.57. The summed E-state index contributed by atoms with van der Waals surface area (Å²) in [6.45, 7) is 0. The number of fused-ring (bicyclic) bond motifs is 3. The lowest BCUT2D eigenvalue weighted by Crippen LogP contribution is -2.33. The van der Waals surface area contributed by atoms with Crippen LogP contribution in [0.1, 0.15) is 0 Å². The number of aromatic nitrogens is 4. The average molecular weight is 335 g/mol. The number of nitrogens with zero attached hydrogens (tertiary/aromatic N) is 4. The molecule has 0 fully saturated rings. The van der Waals surface area contributed by atoms with Gasteiger partial charge in [-0.1, -0.05) is 30.3 Å². The zero-order valence-corrected chi connectivity index (χ0v) is 13.3. The number of hydrazine groups is 1. The van der Waals surface area contributed by atoms with Crippen LogP contribution >= 0.6 is 12.2 Å². The molecule has 0 bridgehead atoms. The van der Waals surface area contributed by atoms with E-state index in [0.717, 1.165) is 16.7 Å². The Morgan fingerprint density at radius 1 is 1.00 bits per heavy atom. The van der Waals surface area contributed by atoms with Gasteiger partial charge < -0.3 is 5.32 Å². The van der Waals surface area contributed by atoms with Gasteiger partial charge in [-0.2, -0.15) is 0 Å². The van der Waals surface area contributed by atoms with Gasteiger partial charge in [0.1, 0.15) is 6.33 Å². The summed E-state index contributed by atoms with van der Waals surface area (Å²) >= 11 is 5.28. The van der Waals surface area contributed by atoms with Crippen LogP contribution in [0.5, 0.6) is 0 Å². The molecule has 0 saturated carbocycles. The van der Waals surface area contributed by atoms with Crippen LogP contribution in [0.2, 0.25) is 0 Å². The topological polar surface area (TPSA) is 79.2 Å². The number of rotatable bonds is 3. The minimum atomic E-state index is 0.425. The molecule has 2 aromatic heterocycles. The Labute approximate surface area is 142 Å². The standard InChI is InChI=1S/C16H13N7S/c24-16(18-11-6-2-1-3-7-11)22-20-14-15-21-17-10-23(15)13-9-5-4-8-12(13)19-14/h1-10H,(H,19,20)(H2,18,22,24). The van der Waals surface area contributed by atoms with E-state index in [-0.39, 0.29) is 0 Å². The van der Waals surface area contributed by atoms with Crippen molar-refractivity contribution in [2.75, 3.05) is 10.7 Å². The zero-order chi connectivity index (χ0) is 16.4. The van der Waals surface area contributed by atoms with E-state index in [1.807, 2.05) is 59.0 Å². The molecule has 8 heteroatoms. The van der Waals surface area contributed by atoms with Crippen molar-refractivity contribution in [1.29, 1.82) is 0 Å². The summed E-state index contributed by atoms with van der Waals surface area (Å²) < 4.78 is 1.88. The largest absolute Gasteiger partial charge is 0.331 e. The first kappa shape index (κ1) is 14.3. The lowest BCUT2D eigenvalue weighted by Gasteiger charge is -2.13. The van der Waals surface area contributed by atoms with Gasteiger partial charge in [-0.05, 0) is 36.5 Å². The SMILES string of the molecule is S=C(NNc1nc2ccccc2n2cnnc12)Nc1ccccc1. The van der Waals surface area contributed by atoms with Gasteiger partial charge in [0.15, 0.2) is 10.9 Å². The molecule has 0 aliphatic carbocycles. The second-order valence-electron chi connectivity index (χ2n) is 5.04. The number of thiocarbonyl (C=S) groups is 1. The highest BCUT2D eigenvalue weighted by molar-refractivity contribution is 7.80. The molecule has 0 atom stereocenters. The maximum absolute atomic E-state index is 5.28. The maximum atomic E-state index is 5.28. The Kier molecular flexibility index (Phi) is 3.64. The molecule has 0 unspecified atom stereocenters. The molecule has 24 heavy (non-hydrogen) atoms. The molecule has 4 rings (SSSR count). The van der Waals surface area contributed by atoms with E-state index < -0.39 is 0 Å². The van der Waals surface area contributed by atoms with Gasteiger partial charge in [-0.25, -0.2) is 4.98 Å². The van der Waals surface area contributed by atoms with Gasteiger partial charge in [0.2, 0.25) is 5.65 Å². The third-order valence-electron chi connectivity index (χ3n) is 3.46. The molecule has 0 saturated heterocycles. The fraction of sp³-hybridized carbons (Fsp3) is 0. The molecule has 0 aliphatic rings. The van der Waals surface area contributed by atoms with Gasteiger partial charge in [0, 0.05) is 5.69 Å². The third-order valence-corrected chi connectivity index (χ3v) is 3.66. The molecule has 0 amide bonds. The highest BCUT2D eigenvalue weighted by Crippen LogP contribution is 2.18. The number of nitrogens with one attached hydrogen (secondary N) is 3. The highest BCUT2D eigenvalue weighted by atomic mass is 32.1. The van der Waals surface area contributed by atoms with Crippen LogP contribution in [-0.2, 0) is 0 Å². The number of para-hydroxylation sites is 3. The van der Waals surface area contributed by atoms with Crippen LogP contribution in [0.25, 0.3) is 16.7 Å². The maximum Gasteiger partial charge on any atom is 0.205 e. The van der Waals surface area contributed by atoms with Crippen molar-refractivity contribution in [3.8, 4) is 0 Å². The predicted molar refractivity (Wildman–Crippen MR) is 97.7 cm³/mol. The first-order valence-corrected chi connectivity index (χ1v) is 7.68. The quantitative estimate of drug-likeness (QED) is 0.392. The molecular weight excluding hydrogens is 322 g/mol. The minimum Gasteiger partial charge on any atom is -0.331 e. The molecule has 118 valence electrons. The first-order valence-electron chi connectivity index (χ1n) is 7.28. The van der Waals surface area contributed by atoms with Gasteiger partial charge in [0.05, 0.1) is 11.0 Å². The Balaban J connectivity index is 1.57. The van der Waals surface area contributed by atoms with E-state index in [9.17, 15) is 0 Å². The highest BCUT2D eigenvalue weighted by Gasteiger charge is 2.10. The third kappa shape index (κ3) is 2.70. The average Bonchev–Trinajstić information content (AvgIpc) is 3.11. The Bertz CT molecular complexity index is 1010. The Hall–Kier alpha value is -3.26. The van der Waals surface area contributed by atoms with Crippen LogP contribution in [0.4, 0.5) is 11.5 Å². The summed E-state index contributed by atoms with van der Waals surface area (Å²) in [5, 5.41) is 11.6. The zero-order valence-electron chi connectivity index (χ0n) is 12.5. The summed E-state index contributed by atoms with van der Waals surface area (Å²) in [6.07, 6.45) is 1.66. The Morgan fingerprint density at radius 3 is 2.67 bits per heavy atom. The van der Waals surface area contributed by atoms with Crippen molar-refractivity contribution < 1.29 is 0 Å². The fourth-order valence-electron chi connectivity index (χ4n) is 2.39. The fourth-order valence-corrected chi connectivity index (χ4v) is 2.56. The van der Waals surface area contributed by atoms with E-state index >= 15 is 0 Å². The van der Waals surface area contributed by atoms with Gasteiger partial charge in [-0.15, -0.1) is 10.2 Å². The summed E-state index contributed by atoms with van der Waals surface area (Å²) in [5.41, 5.74) is 9.20. The van der Waals surface area contributed by atoms with Crippen LogP contribution in [0, 0.1) is 0 Å². The molecule has 2 heterocycles. The number of anilines is 2. The lowest BCUT2D eigenvalue weighted by atomic mass is 10.3.